The molecule has 1 aliphatic heterocycles. The van der Waals surface area contributed by atoms with Gasteiger partial charge in [0.15, 0.2) is 5.69 Å². The van der Waals surface area contributed by atoms with Gasteiger partial charge >= 0.3 is 0 Å². The maximum atomic E-state index is 12.1. The van der Waals surface area contributed by atoms with Crippen molar-refractivity contribution in [1.82, 2.24) is 14.8 Å². The molecule has 25 heavy (non-hydrogen) atoms. The second kappa shape index (κ2) is 8.22. The third-order valence-electron chi connectivity index (χ3n) is 4.57. The van der Waals surface area contributed by atoms with Crippen LogP contribution in [0.2, 0.25) is 0 Å². The topological polar surface area (TPSA) is 84.3 Å². The van der Waals surface area contributed by atoms with E-state index in [0.29, 0.717) is 5.69 Å². The monoisotopic (exact) mass is 343 g/mol. The zero-order valence-electron chi connectivity index (χ0n) is 14.6. The lowest BCUT2D eigenvalue weighted by Crippen LogP contribution is -2.47. The number of carbonyl (C=O) groups is 1. The van der Waals surface area contributed by atoms with E-state index >= 15 is 0 Å². The Balaban J connectivity index is 1.54. The number of nitrogens with one attached hydrogen (secondary N) is 1. The van der Waals surface area contributed by atoms with Gasteiger partial charge in [0, 0.05) is 31.6 Å². The van der Waals surface area contributed by atoms with Gasteiger partial charge in [-0.05, 0) is 19.0 Å². The number of carbonyl (C=O) groups excluding carboxylic acids is 1. The normalized spacial score (nSPS) is 16.8. The van der Waals surface area contributed by atoms with Crippen LogP contribution in [-0.4, -0.2) is 65.1 Å². The summed E-state index contributed by atoms with van der Waals surface area (Å²) < 4.78 is 0. The van der Waals surface area contributed by atoms with Crippen LogP contribution in [0.3, 0.4) is 0 Å². The average Bonchev–Trinajstić information content (AvgIpc) is 2.94. The minimum Gasteiger partial charge on any atom is -0.493 e. The SMILES string of the molecule is CCCCN1CCN(CC(=O)N=Nc2c(O)[nH]c3ccccc23)CC1. The predicted octanol–water partition coefficient (Wildman–Crippen LogP) is 2.90. The number of rotatable bonds is 6. The van der Waals surface area contributed by atoms with E-state index in [1.54, 1.807) is 0 Å². The van der Waals surface area contributed by atoms with Gasteiger partial charge in [-0.25, -0.2) is 0 Å². The molecule has 1 fully saturated rings. The molecular weight excluding hydrogens is 318 g/mol. The average molecular weight is 343 g/mol. The molecule has 0 bridgehead atoms. The van der Waals surface area contributed by atoms with Crippen molar-refractivity contribution in [3.05, 3.63) is 24.3 Å². The van der Waals surface area contributed by atoms with Gasteiger partial charge in [0.05, 0.1) is 12.1 Å². The van der Waals surface area contributed by atoms with E-state index in [9.17, 15) is 9.90 Å². The summed E-state index contributed by atoms with van der Waals surface area (Å²) >= 11 is 0. The number of unbranched alkanes of at least 4 members (excludes halogenated alkanes) is 1. The van der Waals surface area contributed by atoms with Crippen molar-refractivity contribution in [2.45, 2.75) is 19.8 Å². The van der Waals surface area contributed by atoms with Crippen LogP contribution in [0.4, 0.5) is 5.69 Å². The maximum absolute atomic E-state index is 12.1. The molecule has 0 atom stereocenters. The Morgan fingerprint density at radius 1 is 1.20 bits per heavy atom. The Hall–Kier alpha value is -2.25. The minimum absolute atomic E-state index is 0.0673. The second-order valence-electron chi connectivity index (χ2n) is 6.43. The molecule has 2 N–H and O–H groups in total. The Morgan fingerprint density at radius 3 is 2.68 bits per heavy atom. The number of aromatic amines is 1. The second-order valence-corrected chi connectivity index (χ2v) is 6.43. The fraction of sp³-hybridized carbons (Fsp3) is 0.500. The molecule has 2 heterocycles. The van der Waals surface area contributed by atoms with Crippen molar-refractivity contribution in [3.8, 4) is 5.88 Å². The molecule has 3 rings (SSSR count). The van der Waals surface area contributed by atoms with Crippen molar-refractivity contribution >= 4 is 22.5 Å². The minimum atomic E-state index is -0.285. The van der Waals surface area contributed by atoms with Crippen LogP contribution in [-0.2, 0) is 4.79 Å². The molecule has 0 spiro atoms. The third-order valence-corrected chi connectivity index (χ3v) is 4.57. The van der Waals surface area contributed by atoms with Gasteiger partial charge in [0.1, 0.15) is 0 Å². The molecule has 0 saturated carbocycles. The largest absolute Gasteiger partial charge is 0.493 e. The van der Waals surface area contributed by atoms with Crippen LogP contribution >= 0.6 is 0 Å². The number of aromatic nitrogens is 1. The summed E-state index contributed by atoms with van der Waals surface area (Å²) in [5.74, 6) is -0.353. The Labute approximate surface area is 147 Å². The van der Waals surface area contributed by atoms with Crippen LogP contribution in [0.15, 0.2) is 34.5 Å². The van der Waals surface area contributed by atoms with Gasteiger partial charge in [-0.3, -0.25) is 9.69 Å². The standard InChI is InChI=1S/C18H25N5O2/c1-2-3-8-22-9-11-23(12-10-22)13-16(24)20-21-17-14-6-4-5-7-15(14)19-18(17)25/h4-7,19,25H,2-3,8-13H2,1H3. The first-order chi connectivity index (χ1) is 12.2. The number of hydrogen-bond donors (Lipinski definition) is 2. The predicted molar refractivity (Wildman–Crippen MR) is 97.3 cm³/mol. The van der Waals surface area contributed by atoms with Crippen molar-refractivity contribution in [2.75, 3.05) is 39.3 Å². The quantitative estimate of drug-likeness (QED) is 0.790. The lowest BCUT2D eigenvalue weighted by molar-refractivity contribution is -0.119. The lowest BCUT2D eigenvalue weighted by Gasteiger charge is -2.33. The van der Waals surface area contributed by atoms with Gasteiger partial charge in [0.25, 0.3) is 5.91 Å². The van der Waals surface area contributed by atoms with E-state index in [-0.39, 0.29) is 18.3 Å². The van der Waals surface area contributed by atoms with Crippen LogP contribution in [0.25, 0.3) is 10.9 Å². The molecule has 134 valence electrons. The molecule has 1 saturated heterocycles. The number of fused-ring (bicyclic) bond motifs is 1. The Kier molecular flexibility index (Phi) is 5.78. The van der Waals surface area contributed by atoms with Gasteiger partial charge in [-0.1, -0.05) is 31.5 Å². The molecule has 1 aliphatic rings. The van der Waals surface area contributed by atoms with E-state index < -0.39 is 0 Å². The summed E-state index contributed by atoms with van der Waals surface area (Å²) in [5.41, 5.74) is 1.08. The molecule has 1 aromatic carbocycles. The van der Waals surface area contributed by atoms with Crippen LogP contribution in [0.1, 0.15) is 19.8 Å². The third kappa shape index (κ3) is 4.43. The van der Waals surface area contributed by atoms with Crippen molar-refractivity contribution in [2.24, 2.45) is 10.2 Å². The van der Waals surface area contributed by atoms with E-state index in [0.717, 1.165) is 43.6 Å². The van der Waals surface area contributed by atoms with Crippen molar-refractivity contribution < 1.29 is 9.90 Å². The fourth-order valence-electron chi connectivity index (χ4n) is 3.10. The molecule has 0 unspecified atom stereocenters. The summed E-state index contributed by atoms with van der Waals surface area (Å²) in [6.07, 6.45) is 2.43. The van der Waals surface area contributed by atoms with Crippen LogP contribution in [0.5, 0.6) is 5.88 Å². The zero-order valence-corrected chi connectivity index (χ0v) is 14.6. The lowest BCUT2D eigenvalue weighted by atomic mass is 10.2. The first-order valence-corrected chi connectivity index (χ1v) is 8.86. The van der Waals surface area contributed by atoms with Crippen LogP contribution < -0.4 is 0 Å². The van der Waals surface area contributed by atoms with E-state index in [1.807, 2.05) is 24.3 Å². The maximum Gasteiger partial charge on any atom is 0.278 e. The first-order valence-electron chi connectivity index (χ1n) is 8.86. The number of nitrogens with zero attached hydrogens (tertiary/aromatic N) is 4. The number of para-hydroxylation sites is 1. The smallest absolute Gasteiger partial charge is 0.278 e. The summed E-state index contributed by atoms with van der Waals surface area (Å²) in [7, 11) is 0. The summed E-state index contributed by atoms with van der Waals surface area (Å²) in [6, 6.07) is 7.40. The highest BCUT2D eigenvalue weighted by Crippen LogP contribution is 2.35. The van der Waals surface area contributed by atoms with E-state index in [1.165, 1.54) is 12.8 Å². The molecule has 0 aliphatic carbocycles. The molecule has 1 amide bonds. The number of azo groups is 1. The molecule has 2 aromatic rings. The zero-order chi connectivity index (χ0) is 17.6. The molecule has 1 aromatic heterocycles. The van der Waals surface area contributed by atoms with E-state index in [4.69, 9.17) is 0 Å². The highest BCUT2D eigenvalue weighted by atomic mass is 16.3. The number of piperazine rings is 1. The number of benzene rings is 1. The van der Waals surface area contributed by atoms with Gasteiger partial charge in [0.2, 0.25) is 5.88 Å². The summed E-state index contributed by atoms with van der Waals surface area (Å²) in [6.45, 7) is 7.35. The number of H-pyrrole nitrogens is 1. The molecule has 0 radical (unpaired) electrons. The Morgan fingerprint density at radius 2 is 1.92 bits per heavy atom. The first kappa shape index (κ1) is 17.6. The van der Waals surface area contributed by atoms with Crippen molar-refractivity contribution in [1.29, 1.82) is 0 Å². The van der Waals surface area contributed by atoms with Gasteiger partial charge in [-0.2, -0.15) is 0 Å². The molecular formula is C18H25N5O2. The fourth-order valence-corrected chi connectivity index (χ4v) is 3.10. The van der Waals surface area contributed by atoms with Gasteiger partial charge in [-0.15, -0.1) is 10.2 Å². The molecule has 7 nitrogen and oxygen atoms in total. The molecule has 7 heteroatoms. The highest BCUT2D eigenvalue weighted by Gasteiger charge is 2.18. The number of aromatic hydroxyl groups is 1. The van der Waals surface area contributed by atoms with E-state index in [2.05, 4.69) is 31.9 Å². The van der Waals surface area contributed by atoms with Crippen molar-refractivity contribution in [3.63, 3.8) is 0 Å². The highest BCUT2D eigenvalue weighted by molar-refractivity contribution is 5.94. The summed E-state index contributed by atoms with van der Waals surface area (Å²) in [4.78, 5) is 19.5. The van der Waals surface area contributed by atoms with Gasteiger partial charge < -0.3 is 15.0 Å². The number of amides is 1. The summed E-state index contributed by atoms with van der Waals surface area (Å²) in [5, 5.41) is 18.4. The van der Waals surface area contributed by atoms with Crippen LogP contribution in [0, 0.1) is 0 Å². The number of hydrogen-bond acceptors (Lipinski definition) is 5. The Bertz CT molecular complexity index is 747.